The molecule has 0 spiro atoms. The van der Waals surface area contributed by atoms with Crippen molar-refractivity contribution in [3.05, 3.63) is 65.2 Å². The number of hydrogen-bond acceptors (Lipinski definition) is 3. The number of carbonyl (C=O) groups excluding carboxylic acids is 1. The highest BCUT2D eigenvalue weighted by atomic mass is 16.5. The van der Waals surface area contributed by atoms with Crippen LogP contribution in [-0.2, 0) is 22.5 Å². The number of anilines is 1. The van der Waals surface area contributed by atoms with Crippen molar-refractivity contribution >= 4 is 11.6 Å². The molecule has 0 saturated carbocycles. The molecule has 2 aromatic rings. The summed E-state index contributed by atoms with van der Waals surface area (Å²) in [6, 6.07) is 16.5. The van der Waals surface area contributed by atoms with Crippen LogP contribution in [0, 0.1) is 6.92 Å². The largest absolute Gasteiger partial charge is 0.378 e. The minimum absolute atomic E-state index is 0.159. The molecule has 27 heavy (non-hydrogen) atoms. The van der Waals surface area contributed by atoms with E-state index >= 15 is 0 Å². The summed E-state index contributed by atoms with van der Waals surface area (Å²) in [5.41, 5.74) is 4.58. The van der Waals surface area contributed by atoms with Gasteiger partial charge >= 0.3 is 0 Å². The summed E-state index contributed by atoms with van der Waals surface area (Å²) in [6.07, 6.45) is 2.72. The molecule has 0 aromatic heterocycles. The minimum atomic E-state index is 0.159. The van der Waals surface area contributed by atoms with Crippen molar-refractivity contribution < 1.29 is 9.53 Å². The van der Waals surface area contributed by atoms with Gasteiger partial charge in [-0.15, -0.1) is 0 Å². The molecule has 1 atom stereocenters. The standard InChI is InChI=1S/C23H30N2O2/c1-18-7-4-5-8-20(18)15-23(26)25(17-22-9-6-14-27-22)16-19-10-12-21(13-11-19)24(2)3/h4-5,7-8,10-13,22H,6,9,14-17H2,1-3H3. The van der Waals surface area contributed by atoms with Crippen LogP contribution in [0.1, 0.15) is 29.5 Å². The van der Waals surface area contributed by atoms with Gasteiger partial charge in [-0.3, -0.25) is 4.79 Å². The number of rotatable bonds is 7. The molecule has 1 aliphatic heterocycles. The lowest BCUT2D eigenvalue weighted by Gasteiger charge is -2.26. The molecule has 0 N–H and O–H groups in total. The molecule has 1 heterocycles. The highest BCUT2D eigenvalue weighted by Crippen LogP contribution is 2.19. The lowest BCUT2D eigenvalue weighted by Crippen LogP contribution is -2.38. The smallest absolute Gasteiger partial charge is 0.227 e. The molecule has 0 radical (unpaired) electrons. The van der Waals surface area contributed by atoms with Crippen molar-refractivity contribution in [2.24, 2.45) is 0 Å². The molecular formula is C23H30N2O2. The first-order valence-corrected chi connectivity index (χ1v) is 9.73. The van der Waals surface area contributed by atoms with Crippen LogP contribution in [0.5, 0.6) is 0 Å². The normalized spacial score (nSPS) is 16.3. The van der Waals surface area contributed by atoms with Crippen molar-refractivity contribution in [3.63, 3.8) is 0 Å². The predicted octanol–water partition coefficient (Wildman–Crippen LogP) is 3.81. The molecular weight excluding hydrogens is 336 g/mol. The summed E-state index contributed by atoms with van der Waals surface area (Å²) in [4.78, 5) is 17.1. The number of benzene rings is 2. The quantitative estimate of drug-likeness (QED) is 0.747. The monoisotopic (exact) mass is 366 g/mol. The molecule has 1 fully saturated rings. The van der Waals surface area contributed by atoms with E-state index in [1.807, 2.05) is 37.2 Å². The number of hydrogen-bond donors (Lipinski definition) is 0. The van der Waals surface area contributed by atoms with E-state index in [2.05, 4.69) is 42.2 Å². The van der Waals surface area contributed by atoms with Crippen LogP contribution in [0.25, 0.3) is 0 Å². The first kappa shape index (κ1) is 19.4. The van der Waals surface area contributed by atoms with Crippen LogP contribution >= 0.6 is 0 Å². The van der Waals surface area contributed by atoms with Gasteiger partial charge in [-0.2, -0.15) is 0 Å². The van der Waals surface area contributed by atoms with E-state index in [1.54, 1.807) is 0 Å². The Bertz CT molecular complexity index is 749. The van der Waals surface area contributed by atoms with Gasteiger partial charge in [-0.1, -0.05) is 36.4 Å². The van der Waals surface area contributed by atoms with Crippen molar-refractivity contribution in [2.45, 2.75) is 38.8 Å². The Balaban J connectivity index is 1.73. The number of nitrogens with zero attached hydrogens (tertiary/aromatic N) is 2. The van der Waals surface area contributed by atoms with Gasteiger partial charge in [-0.25, -0.2) is 0 Å². The van der Waals surface area contributed by atoms with Crippen molar-refractivity contribution in [3.8, 4) is 0 Å². The van der Waals surface area contributed by atoms with Gasteiger partial charge in [0.25, 0.3) is 0 Å². The van der Waals surface area contributed by atoms with Gasteiger partial charge in [0.05, 0.1) is 12.5 Å². The minimum Gasteiger partial charge on any atom is -0.378 e. The third kappa shape index (κ3) is 5.33. The number of amides is 1. The highest BCUT2D eigenvalue weighted by molar-refractivity contribution is 5.79. The van der Waals surface area contributed by atoms with Gasteiger partial charge in [0.1, 0.15) is 0 Å². The lowest BCUT2D eigenvalue weighted by atomic mass is 10.0. The number of aryl methyl sites for hydroxylation is 1. The second-order valence-electron chi connectivity index (χ2n) is 7.57. The van der Waals surface area contributed by atoms with Gasteiger partial charge in [0.15, 0.2) is 0 Å². The summed E-state index contributed by atoms with van der Waals surface area (Å²) >= 11 is 0. The van der Waals surface area contributed by atoms with E-state index < -0.39 is 0 Å². The topological polar surface area (TPSA) is 32.8 Å². The highest BCUT2D eigenvalue weighted by Gasteiger charge is 2.23. The molecule has 3 rings (SSSR count). The molecule has 2 aromatic carbocycles. The fraction of sp³-hybridized carbons (Fsp3) is 0.435. The molecule has 1 aliphatic rings. The Hall–Kier alpha value is -2.33. The van der Waals surface area contributed by atoms with Crippen LogP contribution in [0.15, 0.2) is 48.5 Å². The summed E-state index contributed by atoms with van der Waals surface area (Å²) in [5.74, 6) is 0.163. The van der Waals surface area contributed by atoms with E-state index in [-0.39, 0.29) is 12.0 Å². The summed E-state index contributed by atoms with van der Waals surface area (Å²) < 4.78 is 5.80. The van der Waals surface area contributed by atoms with Crippen LogP contribution in [0.2, 0.25) is 0 Å². The van der Waals surface area contributed by atoms with E-state index in [4.69, 9.17) is 4.74 Å². The molecule has 1 unspecified atom stereocenters. The second-order valence-corrected chi connectivity index (χ2v) is 7.57. The Morgan fingerprint density at radius 3 is 2.48 bits per heavy atom. The van der Waals surface area contributed by atoms with Crippen LogP contribution < -0.4 is 4.90 Å². The Kier molecular flexibility index (Phi) is 6.51. The fourth-order valence-electron chi connectivity index (χ4n) is 3.49. The Morgan fingerprint density at radius 1 is 1.11 bits per heavy atom. The van der Waals surface area contributed by atoms with Gasteiger partial charge < -0.3 is 14.5 Å². The molecule has 4 heteroatoms. The van der Waals surface area contributed by atoms with Crippen LogP contribution in [0.3, 0.4) is 0 Å². The van der Waals surface area contributed by atoms with E-state index in [9.17, 15) is 4.79 Å². The predicted molar refractivity (Wildman–Crippen MR) is 110 cm³/mol. The summed E-state index contributed by atoms with van der Waals surface area (Å²) in [6.45, 7) is 4.16. The van der Waals surface area contributed by atoms with Gasteiger partial charge in [0.2, 0.25) is 5.91 Å². The maximum atomic E-state index is 13.1. The average Bonchev–Trinajstić information content (AvgIpc) is 3.16. The number of ether oxygens (including phenoxy) is 1. The van der Waals surface area contributed by atoms with Gasteiger partial charge in [0, 0.05) is 39.5 Å². The lowest BCUT2D eigenvalue weighted by molar-refractivity contribution is -0.132. The number of carbonyl (C=O) groups is 1. The zero-order valence-corrected chi connectivity index (χ0v) is 16.6. The second kappa shape index (κ2) is 9.05. The Labute approximate surface area is 162 Å². The molecule has 1 saturated heterocycles. The zero-order chi connectivity index (χ0) is 19.2. The molecule has 0 bridgehead atoms. The average molecular weight is 367 g/mol. The SMILES string of the molecule is Cc1ccccc1CC(=O)N(Cc1ccc(N(C)C)cc1)CC1CCCO1. The van der Waals surface area contributed by atoms with Crippen molar-refractivity contribution in [1.82, 2.24) is 4.90 Å². The maximum Gasteiger partial charge on any atom is 0.227 e. The molecule has 144 valence electrons. The zero-order valence-electron chi connectivity index (χ0n) is 16.6. The van der Waals surface area contributed by atoms with Crippen LogP contribution in [-0.4, -0.2) is 44.2 Å². The van der Waals surface area contributed by atoms with E-state index in [0.717, 1.165) is 36.3 Å². The fourth-order valence-corrected chi connectivity index (χ4v) is 3.49. The van der Waals surface area contributed by atoms with Gasteiger partial charge in [-0.05, 0) is 48.6 Å². The maximum absolute atomic E-state index is 13.1. The van der Waals surface area contributed by atoms with Crippen LogP contribution in [0.4, 0.5) is 5.69 Å². The third-order valence-corrected chi connectivity index (χ3v) is 5.23. The van der Waals surface area contributed by atoms with Crippen molar-refractivity contribution in [1.29, 1.82) is 0 Å². The van der Waals surface area contributed by atoms with Crippen molar-refractivity contribution in [2.75, 3.05) is 32.1 Å². The van der Waals surface area contributed by atoms with E-state index in [1.165, 1.54) is 5.56 Å². The summed E-state index contributed by atoms with van der Waals surface area (Å²) in [5, 5.41) is 0. The third-order valence-electron chi connectivity index (χ3n) is 5.23. The first-order chi connectivity index (χ1) is 13.0. The first-order valence-electron chi connectivity index (χ1n) is 9.73. The summed E-state index contributed by atoms with van der Waals surface area (Å²) in [7, 11) is 4.06. The molecule has 0 aliphatic carbocycles. The Morgan fingerprint density at radius 2 is 1.85 bits per heavy atom. The van der Waals surface area contributed by atoms with E-state index in [0.29, 0.717) is 19.5 Å². The molecule has 1 amide bonds. The molecule has 4 nitrogen and oxygen atoms in total.